The van der Waals surface area contributed by atoms with Gasteiger partial charge in [0.25, 0.3) is 0 Å². The fourth-order valence-electron chi connectivity index (χ4n) is 1.71. The number of thioether (sulfide) groups is 1. The Bertz CT molecular complexity index is 453. The summed E-state index contributed by atoms with van der Waals surface area (Å²) < 4.78 is 19.1. The maximum Gasteiger partial charge on any atom is 0.167 e. The summed E-state index contributed by atoms with van der Waals surface area (Å²) in [5, 5.41) is 13.2. The molecule has 0 spiro atoms. The van der Waals surface area contributed by atoms with Gasteiger partial charge in [-0.3, -0.25) is 0 Å². The Kier molecular flexibility index (Phi) is 5.95. The van der Waals surface area contributed by atoms with E-state index in [1.165, 1.54) is 12.1 Å². The third-order valence-electron chi connectivity index (χ3n) is 2.58. The first-order valence-electron chi connectivity index (χ1n) is 6.46. The summed E-state index contributed by atoms with van der Waals surface area (Å²) in [6, 6.07) is 2.75. The molecule has 0 saturated heterocycles. The average Bonchev–Trinajstić information content (AvgIpc) is 2.30. The second-order valence-electron chi connectivity index (χ2n) is 5.32. The molecule has 0 aromatic heterocycles. The number of hydrogen-bond donors (Lipinski definition) is 3. The molecule has 4 N–H and O–H groups in total. The normalized spacial score (nSPS) is 14.2. The van der Waals surface area contributed by atoms with E-state index in [4.69, 9.17) is 10.5 Å². The second kappa shape index (κ2) is 7.04. The zero-order chi connectivity index (χ0) is 15.3. The van der Waals surface area contributed by atoms with Gasteiger partial charge in [-0.25, -0.2) is 4.39 Å². The van der Waals surface area contributed by atoms with Crippen LogP contribution in [0.1, 0.15) is 20.8 Å². The molecule has 1 atom stereocenters. The Labute approximate surface area is 123 Å². The van der Waals surface area contributed by atoms with Crippen LogP contribution in [0.4, 0.5) is 15.8 Å². The smallest absolute Gasteiger partial charge is 0.167 e. The fraction of sp³-hybridized carbons (Fsp3) is 0.571. The number of nitrogens with two attached hydrogens (primary N) is 1. The molecule has 1 aromatic carbocycles. The number of nitrogens with one attached hydrogen (secondary N) is 1. The highest BCUT2D eigenvalue weighted by molar-refractivity contribution is 7.98. The van der Waals surface area contributed by atoms with Crippen LogP contribution in [0.15, 0.2) is 12.1 Å². The van der Waals surface area contributed by atoms with Gasteiger partial charge in [0, 0.05) is 24.4 Å². The summed E-state index contributed by atoms with van der Waals surface area (Å²) in [6.07, 6.45) is 1.80. The number of aliphatic hydroxyl groups is 1. The second-order valence-corrected chi connectivity index (χ2v) is 6.19. The molecule has 0 aliphatic carbocycles. The van der Waals surface area contributed by atoms with Crippen LogP contribution in [0.25, 0.3) is 0 Å². The Morgan fingerprint density at radius 2 is 2.15 bits per heavy atom. The van der Waals surface area contributed by atoms with E-state index < -0.39 is 11.4 Å². The molecule has 0 amide bonds. The van der Waals surface area contributed by atoms with Crippen LogP contribution in [0, 0.1) is 5.82 Å². The van der Waals surface area contributed by atoms with Gasteiger partial charge in [0.15, 0.2) is 11.6 Å². The van der Waals surface area contributed by atoms with Crippen LogP contribution >= 0.6 is 11.8 Å². The number of ether oxygens (including phenoxy) is 1. The lowest BCUT2D eigenvalue weighted by Crippen LogP contribution is -2.36. The first kappa shape index (κ1) is 16.9. The molecule has 0 bridgehead atoms. The summed E-state index contributed by atoms with van der Waals surface area (Å²) in [6.45, 7) is 5.71. The van der Waals surface area contributed by atoms with Gasteiger partial charge in [-0.05, 0) is 27.0 Å². The number of rotatable bonds is 7. The van der Waals surface area contributed by atoms with Crippen molar-refractivity contribution in [1.82, 2.24) is 0 Å². The van der Waals surface area contributed by atoms with Crippen molar-refractivity contribution in [2.24, 2.45) is 0 Å². The van der Waals surface area contributed by atoms with Crippen LogP contribution in [-0.2, 0) is 0 Å². The van der Waals surface area contributed by atoms with E-state index in [9.17, 15) is 9.50 Å². The van der Waals surface area contributed by atoms with Crippen LogP contribution in [0.2, 0.25) is 0 Å². The maximum atomic E-state index is 13.7. The molecule has 0 aliphatic heterocycles. The van der Waals surface area contributed by atoms with E-state index >= 15 is 0 Å². The molecule has 20 heavy (non-hydrogen) atoms. The highest BCUT2D eigenvalue weighted by Crippen LogP contribution is 2.29. The quantitative estimate of drug-likeness (QED) is 0.676. The molecule has 4 nitrogen and oxygen atoms in total. The molecule has 0 saturated carbocycles. The van der Waals surface area contributed by atoms with E-state index in [0.29, 0.717) is 23.7 Å². The highest BCUT2D eigenvalue weighted by Gasteiger charge is 2.20. The van der Waals surface area contributed by atoms with Gasteiger partial charge in [-0.15, -0.1) is 0 Å². The summed E-state index contributed by atoms with van der Waals surface area (Å²) in [5.41, 5.74) is 5.77. The Hall–Kier alpha value is -1.14. The monoisotopic (exact) mass is 302 g/mol. The number of halogens is 1. The lowest BCUT2D eigenvalue weighted by molar-refractivity contribution is 0.0997. The van der Waals surface area contributed by atoms with Crippen molar-refractivity contribution in [1.29, 1.82) is 0 Å². The van der Waals surface area contributed by atoms with Crippen molar-refractivity contribution in [3.8, 4) is 5.75 Å². The topological polar surface area (TPSA) is 67.5 Å². The minimum absolute atomic E-state index is 0.124. The van der Waals surface area contributed by atoms with E-state index in [1.54, 1.807) is 18.7 Å². The summed E-state index contributed by atoms with van der Waals surface area (Å²) in [4.78, 5) is 0. The summed E-state index contributed by atoms with van der Waals surface area (Å²) >= 11 is 1.56. The zero-order valence-electron chi connectivity index (χ0n) is 12.4. The molecule has 0 fully saturated rings. The number of hydrogen-bond acceptors (Lipinski definition) is 5. The van der Waals surface area contributed by atoms with Crippen LogP contribution < -0.4 is 15.8 Å². The van der Waals surface area contributed by atoms with Gasteiger partial charge in [-0.1, -0.05) is 0 Å². The molecular formula is C14H23FN2O2S. The third kappa shape index (κ3) is 5.09. The molecule has 0 heterocycles. The SMILES string of the molecule is CSCC(C)(O)CNc1cc(OC(C)C)c(F)cc1N. The average molecular weight is 302 g/mol. The van der Waals surface area contributed by atoms with Crippen molar-refractivity contribution >= 4 is 23.1 Å². The molecule has 1 rings (SSSR count). The van der Waals surface area contributed by atoms with Gasteiger partial charge in [0.05, 0.1) is 23.1 Å². The fourth-order valence-corrected chi connectivity index (χ4v) is 2.44. The van der Waals surface area contributed by atoms with E-state index in [2.05, 4.69) is 5.32 Å². The predicted octanol–water partition coefficient (Wildman–Crippen LogP) is 2.72. The van der Waals surface area contributed by atoms with Crippen molar-refractivity contribution < 1.29 is 14.2 Å². The van der Waals surface area contributed by atoms with Crippen LogP contribution in [0.5, 0.6) is 5.75 Å². The lowest BCUT2D eigenvalue weighted by atomic mass is 10.1. The van der Waals surface area contributed by atoms with Gasteiger partial charge in [0.1, 0.15) is 0 Å². The largest absolute Gasteiger partial charge is 0.488 e. The summed E-state index contributed by atoms with van der Waals surface area (Å²) in [5.74, 6) is 0.259. The molecule has 1 unspecified atom stereocenters. The molecule has 6 heteroatoms. The molecule has 0 aliphatic rings. The van der Waals surface area contributed by atoms with Crippen LogP contribution in [-0.4, -0.2) is 35.4 Å². The van der Waals surface area contributed by atoms with E-state index in [1.807, 2.05) is 20.1 Å². The minimum atomic E-state index is -0.862. The zero-order valence-corrected chi connectivity index (χ0v) is 13.2. The minimum Gasteiger partial charge on any atom is -0.488 e. The van der Waals surface area contributed by atoms with Gasteiger partial charge in [-0.2, -0.15) is 11.8 Å². The van der Waals surface area contributed by atoms with Gasteiger partial charge < -0.3 is 20.9 Å². The van der Waals surface area contributed by atoms with E-state index in [0.717, 1.165) is 0 Å². The Morgan fingerprint density at radius 3 is 2.70 bits per heavy atom. The standard InChI is InChI=1S/C14H23FN2O2S/c1-9(2)19-13-6-12(11(16)5-10(13)15)17-7-14(3,18)8-20-4/h5-6,9,17-18H,7-8,16H2,1-4H3. The number of benzene rings is 1. The Morgan fingerprint density at radius 1 is 1.50 bits per heavy atom. The first-order valence-corrected chi connectivity index (χ1v) is 7.85. The molecule has 114 valence electrons. The maximum absolute atomic E-state index is 13.7. The third-order valence-corrected chi connectivity index (χ3v) is 3.49. The Balaban J connectivity index is 2.84. The van der Waals surface area contributed by atoms with Gasteiger partial charge >= 0.3 is 0 Å². The lowest BCUT2D eigenvalue weighted by Gasteiger charge is -2.24. The molecule has 1 aromatic rings. The van der Waals surface area contributed by atoms with Crippen molar-refractivity contribution in [3.63, 3.8) is 0 Å². The van der Waals surface area contributed by atoms with Crippen molar-refractivity contribution in [3.05, 3.63) is 17.9 Å². The molecule has 0 radical (unpaired) electrons. The number of nitrogen functional groups attached to an aromatic ring is 1. The highest BCUT2D eigenvalue weighted by atomic mass is 32.2. The summed E-state index contributed by atoms with van der Waals surface area (Å²) in [7, 11) is 0. The predicted molar refractivity (Wildman–Crippen MR) is 84.1 cm³/mol. The first-order chi connectivity index (χ1) is 9.25. The van der Waals surface area contributed by atoms with Crippen molar-refractivity contribution in [2.75, 3.05) is 29.6 Å². The van der Waals surface area contributed by atoms with Crippen molar-refractivity contribution in [2.45, 2.75) is 32.5 Å². The van der Waals surface area contributed by atoms with Gasteiger partial charge in [0.2, 0.25) is 0 Å². The van der Waals surface area contributed by atoms with Crippen LogP contribution in [0.3, 0.4) is 0 Å². The van der Waals surface area contributed by atoms with E-state index in [-0.39, 0.29) is 11.9 Å². The number of anilines is 2. The molecular weight excluding hydrogens is 279 g/mol.